The van der Waals surface area contributed by atoms with Gasteiger partial charge in [0.2, 0.25) is 5.91 Å². The molecule has 0 aliphatic heterocycles. The van der Waals surface area contributed by atoms with E-state index >= 15 is 0 Å². The van der Waals surface area contributed by atoms with Crippen molar-refractivity contribution in [3.8, 4) is 5.75 Å². The minimum Gasteiger partial charge on any atom is -0.497 e. The largest absolute Gasteiger partial charge is 0.497 e. The summed E-state index contributed by atoms with van der Waals surface area (Å²) in [6, 6.07) is 15.1. The molecule has 1 amide bonds. The fourth-order valence-corrected chi connectivity index (χ4v) is 2.82. The van der Waals surface area contributed by atoms with Crippen molar-refractivity contribution in [1.29, 1.82) is 0 Å². The fourth-order valence-electron chi connectivity index (χ4n) is 2.82. The summed E-state index contributed by atoms with van der Waals surface area (Å²) in [5, 5.41) is 6.28. The molecule has 27 heavy (non-hydrogen) atoms. The average Bonchev–Trinajstić information content (AvgIpc) is 2.67. The number of carbonyl (C=O) groups is 1. The van der Waals surface area contributed by atoms with E-state index in [4.69, 9.17) is 10.5 Å². The van der Waals surface area contributed by atoms with Crippen LogP contribution in [0.2, 0.25) is 0 Å². The van der Waals surface area contributed by atoms with Crippen molar-refractivity contribution in [3.63, 3.8) is 0 Å². The Bertz CT molecular complexity index is 787. The van der Waals surface area contributed by atoms with Gasteiger partial charge in [-0.15, -0.1) is 0 Å². The maximum absolute atomic E-state index is 12.5. The molecular weight excluding hydrogens is 338 g/mol. The van der Waals surface area contributed by atoms with Crippen LogP contribution in [0.25, 0.3) is 0 Å². The van der Waals surface area contributed by atoms with E-state index in [0.717, 1.165) is 36.3 Å². The Balaban J connectivity index is 2.12. The van der Waals surface area contributed by atoms with Gasteiger partial charge in [-0.25, -0.2) is 0 Å². The third kappa shape index (κ3) is 6.37. The third-order valence-electron chi connectivity index (χ3n) is 4.32. The number of nitrogen functional groups attached to an aromatic ring is 1. The average molecular weight is 367 g/mol. The molecule has 0 heterocycles. The van der Waals surface area contributed by atoms with Crippen molar-refractivity contribution in [2.75, 3.05) is 24.7 Å². The van der Waals surface area contributed by atoms with Gasteiger partial charge in [-0.05, 0) is 36.6 Å². The summed E-state index contributed by atoms with van der Waals surface area (Å²) in [6.07, 6.45) is 3.38. The van der Waals surface area contributed by atoms with Crippen LogP contribution in [-0.4, -0.2) is 19.6 Å². The van der Waals surface area contributed by atoms with Crippen LogP contribution in [0.5, 0.6) is 5.75 Å². The first kappa shape index (κ1) is 20.4. The van der Waals surface area contributed by atoms with Gasteiger partial charge in [-0.2, -0.15) is 0 Å². The number of hydrogen-bond acceptors (Lipinski definition) is 4. The number of anilines is 2. The zero-order valence-electron chi connectivity index (χ0n) is 16.3. The Kier molecular flexibility index (Phi) is 7.74. The second-order valence-corrected chi connectivity index (χ2v) is 6.55. The van der Waals surface area contributed by atoms with Gasteiger partial charge in [0.15, 0.2) is 0 Å². The van der Waals surface area contributed by atoms with Gasteiger partial charge in [0.1, 0.15) is 5.75 Å². The van der Waals surface area contributed by atoms with E-state index in [-0.39, 0.29) is 11.8 Å². The smallest absolute Gasteiger partial charge is 0.250 e. The lowest BCUT2D eigenvalue weighted by Gasteiger charge is -2.19. The van der Waals surface area contributed by atoms with Crippen LogP contribution in [0.3, 0.4) is 0 Å². The molecule has 2 rings (SSSR count). The maximum atomic E-state index is 12.5. The van der Waals surface area contributed by atoms with Crippen LogP contribution < -0.4 is 21.1 Å². The second kappa shape index (κ2) is 10.3. The number of benzene rings is 2. The number of hydrogen-bond donors (Lipinski definition) is 3. The molecule has 0 spiro atoms. The number of amides is 1. The van der Waals surface area contributed by atoms with Gasteiger partial charge < -0.3 is 21.1 Å². The first-order chi connectivity index (χ1) is 13.0. The van der Waals surface area contributed by atoms with Gasteiger partial charge in [-0.3, -0.25) is 4.79 Å². The Morgan fingerprint density at radius 1 is 1.22 bits per heavy atom. The summed E-state index contributed by atoms with van der Waals surface area (Å²) in [4.78, 5) is 12.5. The minimum absolute atomic E-state index is 0.136. The van der Waals surface area contributed by atoms with E-state index < -0.39 is 0 Å². The lowest BCUT2D eigenvalue weighted by Crippen LogP contribution is -2.23. The molecule has 0 bridgehead atoms. The van der Waals surface area contributed by atoms with Crippen LogP contribution in [0, 0.1) is 5.92 Å². The Morgan fingerprint density at radius 3 is 2.70 bits per heavy atom. The van der Waals surface area contributed by atoms with E-state index in [1.165, 1.54) is 0 Å². The summed E-state index contributed by atoms with van der Waals surface area (Å²) < 4.78 is 5.20. The number of para-hydroxylation sites is 1. The van der Waals surface area contributed by atoms with E-state index in [0.29, 0.717) is 11.4 Å². The highest BCUT2D eigenvalue weighted by Crippen LogP contribution is 2.20. The third-order valence-corrected chi connectivity index (χ3v) is 4.32. The van der Waals surface area contributed by atoms with Crippen molar-refractivity contribution in [1.82, 2.24) is 5.32 Å². The number of carbonyl (C=O) groups excluding carboxylic acids is 1. The number of rotatable bonds is 9. The Morgan fingerprint density at radius 2 is 2.00 bits per heavy atom. The molecule has 1 unspecified atom stereocenters. The van der Waals surface area contributed by atoms with Crippen LogP contribution in [-0.2, 0) is 11.2 Å². The first-order valence-electron chi connectivity index (χ1n) is 9.27. The molecule has 2 aromatic carbocycles. The van der Waals surface area contributed by atoms with Gasteiger partial charge in [0.25, 0.3) is 0 Å². The van der Waals surface area contributed by atoms with Crippen LogP contribution in [0.1, 0.15) is 25.8 Å². The zero-order chi connectivity index (χ0) is 19.6. The lowest BCUT2D eigenvalue weighted by molar-refractivity contribution is -0.112. The van der Waals surface area contributed by atoms with Crippen molar-refractivity contribution in [2.45, 2.75) is 26.7 Å². The highest BCUT2D eigenvalue weighted by molar-refractivity contribution is 5.99. The predicted molar refractivity (Wildman–Crippen MR) is 112 cm³/mol. The topological polar surface area (TPSA) is 76.4 Å². The monoisotopic (exact) mass is 367 g/mol. The molecule has 0 saturated heterocycles. The van der Waals surface area contributed by atoms with Gasteiger partial charge in [-0.1, -0.05) is 38.1 Å². The van der Waals surface area contributed by atoms with E-state index in [1.54, 1.807) is 19.3 Å². The van der Waals surface area contributed by atoms with Crippen molar-refractivity contribution >= 4 is 17.3 Å². The molecule has 4 N–H and O–H groups in total. The summed E-state index contributed by atoms with van der Waals surface area (Å²) in [5.41, 5.74) is 9.53. The number of allylic oxidation sites excluding steroid dienone is 1. The van der Waals surface area contributed by atoms with Crippen LogP contribution in [0.15, 0.2) is 60.3 Å². The highest BCUT2D eigenvalue weighted by atomic mass is 16.5. The molecule has 5 nitrogen and oxygen atoms in total. The lowest BCUT2D eigenvalue weighted by atomic mass is 9.96. The van der Waals surface area contributed by atoms with Crippen molar-refractivity contribution in [3.05, 3.63) is 65.9 Å². The molecule has 0 saturated carbocycles. The zero-order valence-corrected chi connectivity index (χ0v) is 16.3. The number of nitrogens with two attached hydrogens (primary N) is 1. The molecule has 0 aliphatic rings. The van der Waals surface area contributed by atoms with E-state index in [9.17, 15) is 4.79 Å². The Labute approximate surface area is 161 Å². The van der Waals surface area contributed by atoms with E-state index in [1.807, 2.05) is 42.5 Å². The summed E-state index contributed by atoms with van der Waals surface area (Å²) in [5.74, 6) is 0.668. The molecule has 0 fully saturated rings. The van der Waals surface area contributed by atoms with Gasteiger partial charge in [0, 0.05) is 41.7 Å². The molecular formula is C22H29N3O2. The fraction of sp³-hybridized carbons (Fsp3) is 0.318. The summed E-state index contributed by atoms with van der Waals surface area (Å²) in [6.45, 7) is 5.01. The molecule has 0 radical (unpaired) electrons. The Hall–Kier alpha value is -2.95. The normalized spacial score (nSPS) is 12.3. The van der Waals surface area contributed by atoms with Gasteiger partial charge >= 0.3 is 0 Å². The number of methoxy groups -OCH3 is 1. The summed E-state index contributed by atoms with van der Waals surface area (Å²) >= 11 is 0. The first-order valence-corrected chi connectivity index (χ1v) is 9.27. The van der Waals surface area contributed by atoms with Gasteiger partial charge in [0.05, 0.1) is 7.11 Å². The standard InChI is InChI=1S/C22H29N3O2/c1-4-12-24-21(16(2)13-17-8-5-6-11-20(17)23)15-22(26)25-18-9-7-10-19(14-18)27-3/h5-11,14-16,24H,4,12-13,23H2,1-3H3,(H,25,26)/b21-15+. The van der Waals surface area contributed by atoms with Crippen LogP contribution in [0.4, 0.5) is 11.4 Å². The molecule has 5 heteroatoms. The maximum Gasteiger partial charge on any atom is 0.250 e. The van der Waals surface area contributed by atoms with Crippen molar-refractivity contribution in [2.24, 2.45) is 5.92 Å². The molecule has 1 atom stereocenters. The van der Waals surface area contributed by atoms with E-state index in [2.05, 4.69) is 24.5 Å². The highest BCUT2D eigenvalue weighted by Gasteiger charge is 2.13. The quantitative estimate of drug-likeness (QED) is 0.463. The second-order valence-electron chi connectivity index (χ2n) is 6.55. The number of ether oxygens (including phenoxy) is 1. The minimum atomic E-state index is -0.172. The van der Waals surface area contributed by atoms with Crippen LogP contribution >= 0.6 is 0 Å². The summed E-state index contributed by atoms with van der Waals surface area (Å²) in [7, 11) is 1.60. The molecule has 2 aromatic rings. The SMILES string of the molecule is CCCN/C(=C/C(=O)Nc1cccc(OC)c1)C(C)Cc1ccccc1N. The predicted octanol–water partition coefficient (Wildman–Crippen LogP) is 3.98. The number of nitrogens with one attached hydrogen (secondary N) is 2. The molecule has 144 valence electrons. The molecule has 0 aliphatic carbocycles. The van der Waals surface area contributed by atoms with Crippen molar-refractivity contribution < 1.29 is 9.53 Å². The molecule has 0 aromatic heterocycles.